The quantitative estimate of drug-likeness (QED) is 0.158. The van der Waals surface area contributed by atoms with Crippen molar-refractivity contribution in [3.05, 3.63) is 231 Å². The summed E-state index contributed by atoms with van der Waals surface area (Å²) in [5, 5.41) is 7.47. The van der Waals surface area contributed by atoms with E-state index in [0.717, 1.165) is 22.7 Å². The normalized spacial score (nSPS) is 11.4. The predicted molar refractivity (Wildman–Crippen MR) is 247 cm³/mol. The molecule has 0 bridgehead atoms. The van der Waals surface area contributed by atoms with Gasteiger partial charge in [-0.1, -0.05) is 158 Å². The van der Waals surface area contributed by atoms with Gasteiger partial charge in [-0.25, -0.2) is 0 Å². The Labute approximate surface area is 338 Å². The van der Waals surface area contributed by atoms with Gasteiger partial charge in [0, 0.05) is 33.5 Å². The van der Waals surface area contributed by atoms with Crippen LogP contribution in [0.25, 0.3) is 82.4 Å². The van der Waals surface area contributed by atoms with Crippen LogP contribution in [0.15, 0.2) is 231 Å². The fourth-order valence-electron chi connectivity index (χ4n) is 8.72. The van der Waals surface area contributed by atoms with Crippen molar-refractivity contribution < 1.29 is 0 Å². The summed E-state index contributed by atoms with van der Waals surface area (Å²) >= 11 is 0. The van der Waals surface area contributed by atoms with E-state index in [1.54, 1.807) is 0 Å². The number of fused-ring (bicyclic) bond motifs is 5. The molecule has 272 valence electrons. The second-order valence-electron chi connectivity index (χ2n) is 15.0. The van der Waals surface area contributed by atoms with Crippen LogP contribution in [0.4, 0.5) is 17.1 Å². The van der Waals surface area contributed by atoms with Crippen LogP contribution in [0.1, 0.15) is 0 Å². The molecule has 0 amide bonds. The van der Waals surface area contributed by atoms with Crippen molar-refractivity contribution in [2.75, 3.05) is 4.90 Å². The van der Waals surface area contributed by atoms with Gasteiger partial charge in [-0.15, -0.1) is 0 Å². The molecule has 2 nitrogen and oxygen atoms in total. The molecule has 0 saturated carbocycles. The van der Waals surface area contributed by atoms with E-state index in [1.807, 2.05) is 0 Å². The van der Waals surface area contributed by atoms with Crippen LogP contribution in [0.3, 0.4) is 0 Å². The molecule has 58 heavy (non-hydrogen) atoms. The standard InChI is InChI=1S/C56H38N2/c1-2-18-47(19-3-1)58-55-23-9-8-21-53(55)54-38-50(34-35-56(54)58)57(49-32-28-41(29-33-49)45-25-24-39-12-4-5-14-43(39)36-45)48-30-26-40(27-31-48)44-16-10-17-46(37-44)52-22-11-15-42-13-6-7-20-51(42)52/h1-38H. The van der Waals surface area contributed by atoms with Crippen LogP contribution < -0.4 is 4.90 Å². The van der Waals surface area contributed by atoms with Gasteiger partial charge in [0.15, 0.2) is 0 Å². The van der Waals surface area contributed by atoms with Gasteiger partial charge in [0.05, 0.1) is 11.0 Å². The first kappa shape index (κ1) is 33.6. The van der Waals surface area contributed by atoms with Crippen molar-refractivity contribution in [2.24, 2.45) is 0 Å². The van der Waals surface area contributed by atoms with Gasteiger partial charge in [0.25, 0.3) is 0 Å². The number of benzene rings is 10. The fourth-order valence-corrected chi connectivity index (χ4v) is 8.72. The maximum atomic E-state index is 2.38. The molecule has 0 unspecified atom stereocenters. The van der Waals surface area contributed by atoms with E-state index in [0.29, 0.717) is 0 Å². The first-order chi connectivity index (χ1) is 28.7. The van der Waals surface area contributed by atoms with E-state index in [4.69, 9.17) is 0 Å². The number of hydrogen-bond acceptors (Lipinski definition) is 1. The molecule has 0 saturated heterocycles. The van der Waals surface area contributed by atoms with Crippen molar-refractivity contribution >= 4 is 60.4 Å². The van der Waals surface area contributed by atoms with E-state index in [-0.39, 0.29) is 0 Å². The molecule has 1 aromatic heterocycles. The fraction of sp³-hybridized carbons (Fsp3) is 0. The van der Waals surface area contributed by atoms with E-state index in [1.165, 1.54) is 76.7 Å². The highest BCUT2D eigenvalue weighted by atomic mass is 15.1. The van der Waals surface area contributed by atoms with Crippen molar-refractivity contribution in [1.29, 1.82) is 0 Å². The molecule has 11 aromatic rings. The topological polar surface area (TPSA) is 8.17 Å². The number of hydrogen-bond donors (Lipinski definition) is 0. The summed E-state index contributed by atoms with van der Waals surface area (Å²) in [6.07, 6.45) is 0. The Bertz CT molecular complexity index is 3260. The summed E-state index contributed by atoms with van der Waals surface area (Å²) in [6, 6.07) is 83.7. The first-order valence-electron chi connectivity index (χ1n) is 19.9. The minimum absolute atomic E-state index is 1.10. The number of aromatic nitrogens is 1. The summed E-state index contributed by atoms with van der Waals surface area (Å²) in [6.45, 7) is 0. The van der Waals surface area contributed by atoms with Crippen LogP contribution in [-0.2, 0) is 0 Å². The third-order valence-electron chi connectivity index (χ3n) is 11.6. The Balaban J connectivity index is 1.02. The molecule has 1 heterocycles. The zero-order valence-corrected chi connectivity index (χ0v) is 31.8. The third-order valence-corrected chi connectivity index (χ3v) is 11.6. The molecule has 0 aliphatic heterocycles. The van der Waals surface area contributed by atoms with E-state index >= 15 is 0 Å². The second kappa shape index (κ2) is 14.1. The van der Waals surface area contributed by atoms with Gasteiger partial charge < -0.3 is 9.47 Å². The predicted octanol–water partition coefficient (Wildman–Crippen LogP) is 15.6. The molecular weight excluding hydrogens is 701 g/mol. The number of anilines is 3. The Morgan fingerprint density at radius 1 is 0.276 bits per heavy atom. The summed E-state index contributed by atoms with van der Waals surface area (Å²) in [5.74, 6) is 0. The summed E-state index contributed by atoms with van der Waals surface area (Å²) in [5.41, 5.74) is 14.1. The molecule has 0 atom stereocenters. The van der Waals surface area contributed by atoms with Gasteiger partial charge >= 0.3 is 0 Å². The van der Waals surface area contributed by atoms with Crippen LogP contribution in [0, 0.1) is 0 Å². The van der Waals surface area contributed by atoms with E-state index < -0.39 is 0 Å². The van der Waals surface area contributed by atoms with Crippen LogP contribution >= 0.6 is 0 Å². The molecule has 11 rings (SSSR count). The van der Waals surface area contributed by atoms with E-state index in [9.17, 15) is 0 Å². The maximum absolute atomic E-state index is 2.38. The summed E-state index contributed by atoms with van der Waals surface area (Å²) < 4.78 is 2.37. The lowest BCUT2D eigenvalue weighted by Crippen LogP contribution is -2.10. The van der Waals surface area contributed by atoms with Gasteiger partial charge in [0.2, 0.25) is 0 Å². The average molecular weight is 739 g/mol. The van der Waals surface area contributed by atoms with Gasteiger partial charge in [-0.3, -0.25) is 0 Å². The molecule has 2 heteroatoms. The van der Waals surface area contributed by atoms with E-state index in [2.05, 4.69) is 240 Å². The third kappa shape index (κ3) is 5.91. The van der Waals surface area contributed by atoms with Gasteiger partial charge in [0.1, 0.15) is 0 Å². The second-order valence-corrected chi connectivity index (χ2v) is 15.0. The Kier molecular flexibility index (Phi) is 8.19. The van der Waals surface area contributed by atoms with Crippen molar-refractivity contribution in [1.82, 2.24) is 4.57 Å². The lowest BCUT2D eigenvalue weighted by atomic mass is 9.95. The monoisotopic (exact) mass is 738 g/mol. The van der Waals surface area contributed by atoms with Crippen molar-refractivity contribution in [3.63, 3.8) is 0 Å². The lowest BCUT2D eigenvalue weighted by molar-refractivity contribution is 1.18. The Hall–Kier alpha value is -7.68. The number of rotatable bonds is 7. The zero-order valence-electron chi connectivity index (χ0n) is 31.8. The van der Waals surface area contributed by atoms with Crippen LogP contribution in [0.2, 0.25) is 0 Å². The average Bonchev–Trinajstić information content (AvgIpc) is 3.63. The highest BCUT2D eigenvalue weighted by Crippen LogP contribution is 2.41. The molecule has 0 spiro atoms. The highest BCUT2D eigenvalue weighted by Gasteiger charge is 2.18. The number of nitrogens with zero attached hydrogens (tertiary/aromatic N) is 2. The maximum Gasteiger partial charge on any atom is 0.0542 e. The SMILES string of the molecule is c1ccc(-n2c3ccccc3c3cc(N(c4ccc(-c5cccc(-c6cccc7ccccc67)c5)cc4)c4ccc(-c5ccc6ccccc6c5)cc4)ccc32)cc1. The van der Waals surface area contributed by atoms with Crippen molar-refractivity contribution in [2.45, 2.75) is 0 Å². The van der Waals surface area contributed by atoms with Crippen molar-refractivity contribution in [3.8, 4) is 39.1 Å². The summed E-state index contributed by atoms with van der Waals surface area (Å²) in [4.78, 5) is 2.38. The van der Waals surface area contributed by atoms with Crippen LogP contribution in [-0.4, -0.2) is 4.57 Å². The molecule has 10 aromatic carbocycles. The van der Waals surface area contributed by atoms with Gasteiger partial charge in [-0.2, -0.15) is 0 Å². The molecule has 0 aliphatic carbocycles. The molecule has 0 fully saturated rings. The molecule has 0 radical (unpaired) electrons. The highest BCUT2D eigenvalue weighted by molar-refractivity contribution is 6.10. The first-order valence-corrected chi connectivity index (χ1v) is 19.9. The summed E-state index contributed by atoms with van der Waals surface area (Å²) in [7, 11) is 0. The molecule has 0 N–H and O–H groups in total. The Morgan fingerprint density at radius 2 is 0.828 bits per heavy atom. The smallest absolute Gasteiger partial charge is 0.0542 e. The van der Waals surface area contributed by atoms with Crippen LogP contribution in [0.5, 0.6) is 0 Å². The molecular formula is C56H38N2. The zero-order chi connectivity index (χ0) is 38.4. The number of para-hydroxylation sites is 2. The largest absolute Gasteiger partial charge is 0.310 e. The minimum atomic E-state index is 1.10. The van der Waals surface area contributed by atoms with Gasteiger partial charge in [-0.05, 0) is 128 Å². The minimum Gasteiger partial charge on any atom is -0.310 e. The lowest BCUT2D eigenvalue weighted by Gasteiger charge is -2.26. The molecule has 0 aliphatic rings. The Morgan fingerprint density at radius 3 is 1.60 bits per heavy atom.